The smallest absolute Gasteiger partial charge is 0.0504 e. The van der Waals surface area contributed by atoms with Crippen LogP contribution in [0.5, 0.6) is 0 Å². The van der Waals surface area contributed by atoms with Gasteiger partial charge in [-0.25, -0.2) is 0 Å². The minimum Gasteiger partial charge on any atom is -0.385 e. The maximum absolute atomic E-state index is 5.10. The Morgan fingerprint density at radius 2 is 2.20 bits per heavy atom. The third-order valence-corrected chi connectivity index (χ3v) is 2.44. The van der Waals surface area contributed by atoms with E-state index in [0.717, 1.165) is 19.6 Å². The van der Waals surface area contributed by atoms with Crippen LogP contribution in [0.2, 0.25) is 0 Å². The molecule has 0 aliphatic heterocycles. The summed E-state index contributed by atoms with van der Waals surface area (Å²) in [4.78, 5) is 0. The lowest BCUT2D eigenvalue weighted by Gasteiger charge is -2.13. The highest BCUT2D eigenvalue weighted by Crippen LogP contribution is 2.11. The first kappa shape index (κ1) is 12.1. The number of benzene rings is 1. The summed E-state index contributed by atoms with van der Waals surface area (Å²) >= 11 is 0. The van der Waals surface area contributed by atoms with Gasteiger partial charge in [-0.1, -0.05) is 26.0 Å². The minimum atomic E-state index is 0.542. The molecule has 0 heterocycles. The molecule has 0 saturated heterocycles. The van der Waals surface area contributed by atoms with Crippen LogP contribution in [0, 0.1) is 5.92 Å². The lowest BCUT2D eigenvalue weighted by atomic mass is 10.1. The fourth-order valence-electron chi connectivity index (χ4n) is 1.54. The molecule has 0 fully saturated rings. The molecule has 84 valence electrons. The van der Waals surface area contributed by atoms with Gasteiger partial charge in [-0.3, -0.25) is 0 Å². The number of aryl methyl sites for hydroxylation is 1. The first-order chi connectivity index (χ1) is 7.26. The molecule has 0 spiro atoms. The van der Waals surface area contributed by atoms with Gasteiger partial charge < -0.3 is 10.1 Å². The molecule has 15 heavy (non-hydrogen) atoms. The normalized spacial score (nSPS) is 12.5. The maximum atomic E-state index is 5.10. The average molecular weight is 207 g/mol. The number of nitrogens with one attached hydrogen (secondary N) is 1. The predicted molar refractivity (Wildman–Crippen MR) is 65.3 cm³/mol. The second-order valence-corrected chi connectivity index (χ2v) is 4.00. The molecule has 0 saturated carbocycles. The van der Waals surface area contributed by atoms with E-state index in [4.69, 9.17) is 4.74 Å². The first-order valence-electron chi connectivity index (χ1n) is 5.58. The Labute approximate surface area is 92.6 Å². The zero-order chi connectivity index (χ0) is 11.1. The lowest BCUT2D eigenvalue weighted by Crippen LogP contribution is -2.15. The molecule has 1 rings (SSSR count). The molecule has 1 N–H and O–H groups in total. The second kappa shape index (κ2) is 6.46. The highest BCUT2D eigenvalue weighted by atomic mass is 16.5. The molecule has 0 radical (unpaired) electrons. The van der Waals surface area contributed by atoms with Gasteiger partial charge in [0.05, 0.1) is 6.61 Å². The summed E-state index contributed by atoms with van der Waals surface area (Å²) in [5, 5.41) is 3.42. The summed E-state index contributed by atoms with van der Waals surface area (Å²) in [6.45, 7) is 6.12. The molecule has 0 bridgehead atoms. The standard InChI is InChI=1S/C13H21NO/c1-4-12-6-5-7-13(8-12)14-9-11(2)10-15-3/h5-8,11,14H,4,9-10H2,1-3H3. The van der Waals surface area contributed by atoms with E-state index in [2.05, 4.69) is 43.4 Å². The quantitative estimate of drug-likeness (QED) is 0.774. The Hall–Kier alpha value is -1.02. The zero-order valence-electron chi connectivity index (χ0n) is 9.92. The van der Waals surface area contributed by atoms with Crippen LogP contribution in [0.4, 0.5) is 5.69 Å². The number of anilines is 1. The lowest BCUT2D eigenvalue weighted by molar-refractivity contribution is 0.164. The molecule has 2 nitrogen and oxygen atoms in total. The molecule has 1 unspecified atom stereocenters. The summed E-state index contributed by atoms with van der Waals surface area (Å²) in [6.07, 6.45) is 1.09. The Morgan fingerprint density at radius 1 is 1.40 bits per heavy atom. The largest absolute Gasteiger partial charge is 0.385 e. The summed E-state index contributed by atoms with van der Waals surface area (Å²) in [6, 6.07) is 8.57. The summed E-state index contributed by atoms with van der Waals surface area (Å²) in [7, 11) is 1.74. The van der Waals surface area contributed by atoms with Gasteiger partial charge in [0, 0.05) is 19.3 Å². The summed E-state index contributed by atoms with van der Waals surface area (Å²) < 4.78 is 5.10. The monoisotopic (exact) mass is 207 g/mol. The highest BCUT2D eigenvalue weighted by Gasteiger charge is 2.00. The SMILES string of the molecule is CCc1cccc(NCC(C)COC)c1. The van der Waals surface area contributed by atoms with Crippen molar-refractivity contribution < 1.29 is 4.74 Å². The van der Waals surface area contributed by atoms with E-state index in [-0.39, 0.29) is 0 Å². The van der Waals surface area contributed by atoms with Crippen molar-refractivity contribution in [2.75, 3.05) is 25.6 Å². The van der Waals surface area contributed by atoms with Crippen LogP contribution in [0.25, 0.3) is 0 Å². The van der Waals surface area contributed by atoms with Crippen LogP contribution in [-0.4, -0.2) is 20.3 Å². The molecular weight excluding hydrogens is 186 g/mol. The predicted octanol–water partition coefficient (Wildman–Crippen LogP) is 2.94. The Morgan fingerprint density at radius 3 is 2.87 bits per heavy atom. The van der Waals surface area contributed by atoms with Gasteiger partial charge in [0.1, 0.15) is 0 Å². The van der Waals surface area contributed by atoms with Crippen molar-refractivity contribution in [2.24, 2.45) is 5.92 Å². The van der Waals surface area contributed by atoms with Crippen LogP contribution >= 0.6 is 0 Å². The number of hydrogen-bond acceptors (Lipinski definition) is 2. The Kier molecular flexibility index (Phi) is 5.19. The third-order valence-electron chi connectivity index (χ3n) is 2.44. The Bertz CT molecular complexity index is 286. The fourth-order valence-corrected chi connectivity index (χ4v) is 1.54. The molecular formula is C13H21NO. The number of rotatable bonds is 6. The fraction of sp³-hybridized carbons (Fsp3) is 0.538. The molecule has 0 aliphatic rings. The first-order valence-corrected chi connectivity index (χ1v) is 5.58. The Balaban J connectivity index is 2.43. The van der Waals surface area contributed by atoms with Gasteiger partial charge in [-0.2, -0.15) is 0 Å². The van der Waals surface area contributed by atoms with Crippen LogP contribution in [0.15, 0.2) is 24.3 Å². The van der Waals surface area contributed by atoms with Crippen molar-refractivity contribution in [1.82, 2.24) is 0 Å². The van der Waals surface area contributed by atoms with E-state index < -0.39 is 0 Å². The van der Waals surface area contributed by atoms with Crippen molar-refractivity contribution in [2.45, 2.75) is 20.3 Å². The number of methoxy groups -OCH3 is 1. The van der Waals surface area contributed by atoms with E-state index in [0.29, 0.717) is 5.92 Å². The van der Waals surface area contributed by atoms with Crippen LogP contribution in [0.1, 0.15) is 19.4 Å². The van der Waals surface area contributed by atoms with Gasteiger partial charge in [0.15, 0.2) is 0 Å². The second-order valence-electron chi connectivity index (χ2n) is 4.00. The van der Waals surface area contributed by atoms with Crippen LogP contribution < -0.4 is 5.32 Å². The molecule has 0 amide bonds. The topological polar surface area (TPSA) is 21.3 Å². The number of hydrogen-bond donors (Lipinski definition) is 1. The zero-order valence-corrected chi connectivity index (χ0v) is 9.92. The third kappa shape index (κ3) is 4.34. The van der Waals surface area contributed by atoms with Crippen LogP contribution in [0.3, 0.4) is 0 Å². The summed E-state index contributed by atoms with van der Waals surface area (Å²) in [5.74, 6) is 0.542. The van der Waals surface area contributed by atoms with Crippen molar-refractivity contribution >= 4 is 5.69 Å². The van der Waals surface area contributed by atoms with Gasteiger partial charge >= 0.3 is 0 Å². The van der Waals surface area contributed by atoms with Crippen molar-refractivity contribution in [3.8, 4) is 0 Å². The van der Waals surface area contributed by atoms with E-state index >= 15 is 0 Å². The van der Waals surface area contributed by atoms with Gasteiger partial charge in [-0.05, 0) is 30.0 Å². The van der Waals surface area contributed by atoms with E-state index in [1.165, 1.54) is 11.3 Å². The molecule has 2 heteroatoms. The molecule has 1 aromatic rings. The molecule has 0 aliphatic carbocycles. The maximum Gasteiger partial charge on any atom is 0.0504 e. The van der Waals surface area contributed by atoms with Crippen molar-refractivity contribution in [3.63, 3.8) is 0 Å². The van der Waals surface area contributed by atoms with E-state index in [1.54, 1.807) is 7.11 Å². The molecule has 1 atom stereocenters. The van der Waals surface area contributed by atoms with E-state index in [1.807, 2.05) is 0 Å². The van der Waals surface area contributed by atoms with Crippen molar-refractivity contribution in [1.29, 1.82) is 0 Å². The summed E-state index contributed by atoms with van der Waals surface area (Å²) in [5.41, 5.74) is 2.58. The van der Waals surface area contributed by atoms with Crippen LogP contribution in [-0.2, 0) is 11.2 Å². The minimum absolute atomic E-state index is 0.542. The molecule has 0 aromatic heterocycles. The van der Waals surface area contributed by atoms with E-state index in [9.17, 15) is 0 Å². The van der Waals surface area contributed by atoms with Crippen molar-refractivity contribution in [3.05, 3.63) is 29.8 Å². The van der Waals surface area contributed by atoms with Gasteiger partial charge in [0.2, 0.25) is 0 Å². The highest BCUT2D eigenvalue weighted by molar-refractivity contribution is 5.45. The van der Waals surface area contributed by atoms with Gasteiger partial charge in [-0.15, -0.1) is 0 Å². The van der Waals surface area contributed by atoms with Gasteiger partial charge in [0.25, 0.3) is 0 Å². The average Bonchev–Trinajstić information content (AvgIpc) is 2.27. The molecule has 1 aromatic carbocycles. The number of ether oxygens (including phenoxy) is 1.